The molecule has 0 saturated heterocycles. The first-order valence-corrected chi connectivity index (χ1v) is 21.2. The maximum absolute atomic E-state index is 2.51. The third-order valence-corrected chi connectivity index (χ3v) is 13.4. The molecular weight excluding hydrogens is 737 g/mol. The zero-order chi connectivity index (χ0) is 40.1. The second-order valence-electron chi connectivity index (χ2n) is 16.4. The molecule has 0 saturated carbocycles. The summed E-state index contributed by atoms with van der Waals surface area (Å²) in [5.74, 6) is 0. The molecule has 0 amide bonds. The SMILES string of the molecule is c1ccc(-c2ccc(N(c3ccc4c(c3)C3(c5ccccc5-4)c4ccccc4-c4ccc5ccccc5c43)c3ccc4c(c3)c3ccccc3n4-c3ccccc3)cc2)cc1. The normalized spacial score (nSPS) is 14.6. The van der Waals surface area contributed by atoms with E-state index < -0.39 is 5.41 Å². The van der Waals surface area contributed by atoms with Crippen LogP contribution in [0.5, 0.6) is 0 Å². The highest BCUT2D eigenvalue weighted by molar-refractivity contribution is 6.11. The van der Waals surface area contributed by atoms with Gasteiger partial charge >= 0.3 is 0 Å². The first kappa shape index (κ1) is 34.0. The first-order chi connectivity index (χ1) is 30.3. The van der Waals surface area contributed by atoms with Gasteiger partial charge in [0.2, 0.25) is 0 Å². The van der Waals surface area contributed by atoms with Crippen LogP contribution in [0.3, 0.4) is 0 Å². The number of para-hydroxylation sites is 2. The number of hydrogen-bond acceptors (Lipinski definition) is 1. The van der Waals surface area contributed by atoms with Crippen molar-refractivity contribution in [2.45, 2.75) is 5.41 Å². The van der Waals surface area contributed by atoms with Crippen molar-refractivity contribution in [3.63, 3.8) is 0 Å². The molecule has 13 rings (SSSR count). The summed E-state index contributed by atoms with van der Waals surface area (Å²) in [5, 5.41) is 5.02. The monoisotopic (exact) mass is 774 g/mol. The van der Waals surface area contributed by atoms with Gasteiger partial charge in [-0.25, -0.2) is 0 Å². The first-order valence-electron chi connectivity index (χ1n) is 21.2. The van der Waals surface area contributed by atoms with Crippen LogP contribution in [0.1, 0.15) is 22.3 Å². The highest BCUT2D eigenvalue weighted by Crippen LogP contribution is 2.64. The summed E-state index contributed by atoms with van der Waals surface area (Å²) in [6.07, 6.45) is 0. The van der Waals surface area contributed by atoms with E-state index in [9.17, 15) is 0 Å². The lowest BCUT2D eigenvalue weighted by molar-refractivity contribution is 0.801. The fourth-order valence-corrected chi connectivity index (χ4v) is 10.9. The second kappa shape index (κ2) is 13.0. The van der Waals surface area contributed by atoms with Crippen molar-refractivity contribution in [3.8, 4) is 39.1 Å². The molecule has 1 atom stereocenters. The van der Waals surface area contributed by atoms with Gasteiger partial charge in [-0.2, -0.15) is 0 Å². The minimum Gasteiger partial charge on any atom is -0.310 e. The molecule has 1 spiro atoms. The van der Waals surface area contributed by atoms with Gasteiger partial charge in [0.05, 0.1) is 16.4 Å². The number of benzene rings is 10. The molecule has 284 valence electrons. The number of nitrogens with zero attached hydrogens (tertiary/aromatic N) is 2. The molecule has 1 heterocycles. The Hall–Kier alpha value is -7.94. The number of anilines is 3. The fraction of sp³-hybridized carbons (Fsp3) is 0.0169. The molecule has 61 heavy (non-hydrogen) atoms. The third kappa shape index (κ3) is 4.79. The van der Waals surface area contributed by atoms with Crippen molar-refractivity contribution < 1.29 is 0 Å². The zero-order valence-electron chi connectivity index (χ0n) is 33.3. The molecule has 11 aromatic rings. The Labute approximate surface area is 354 Å². The van der Waals surface area contributed by atoms with Crippen molar-refractivity contribution in [3.05, 3.63) is 253 Å². The summed E-state index contributed by atoms with van der Waals surface area (Å²) >= 11 is 0. The summed E-state index contributed by atoms with van der Waals surface area (Å²) in [6.45, 7) is 0. The molecule has 1 unspecified atom stereocenters. The van der Waals surface area contributed by atoms with Crippen molar-refractivity contribution in [1.82, 2.24) is 4.57 Å². The van der Waals surface area contributed by atoms with Gasteiger partial charge in [-0.15, -0.1) is 0 Å². The predicted octanol–water partition coefficient (Wildman–Crippen LogP) is 15.4. The van der Waals surface area contributed by atoms with E-state index in [-0.39, 0.29) is 0 Å². The molecule has 0 radical (unpaired) electrons. The average Bonchev–Trinajstić information content (AvgIpc) is 3.94. The van der Waals surface area contributed by atoms with E-state index in [1.54, 1.807) is 0 Å². The Kier molecular flexibility index (Phi) is 7.26. The molecule has 1 aromatic heterocycles. The van der Waals surface area contributed by atoms with Crippen molar-refractivity contribution in [1.29, 1.82) is 0 Å². The third-order valence-electron chi connectivity index (χ3n) is 13.4. The Bertz CT molecular complexity index is 3510. The lowest BCUT2D eigenvalue weighted by Gasteiger charge is -2.33. The molecule has 0 N–H and O–H groups in total. The van der Waals surface area contributed by atoms with Gasteiger partial charge in [0.25, 0.3) is 0 Å². The van der Waals surface area contributed by atoms with Crippen molar-refractivity contribution in [2.24, 2.45) is 0 Å². The molecule has 2 aliphatic carbocycles. The Morgan fingerprint density at radius 1 is 0.328 bits per heavy atom. The second-order valence-corrected chi connectivity index (χ2v) is 16.4. The number of hydrogen-bond donors (Lipinski definition) is 0. The Balaban J connectivity index is 1.08. The highest BCUT2D eigenvalue weighted by atomic mass is 15.1. The van der Waals surface area contributed by atoms with Crippen LogP contribution in [0.2, 0.25) is 0 Å². The minimum absolute atomic E-state index is 0.495. The van der Waals surface area contributed by atoms with E-state index in [0.717, 1.165) is 22.7 Å². The van der Waals surface area contributed by atoms with Crippen LogP contribution >= 0.6 is 0 Å². The number of fused-ring (bicyclic) bond motifs is 15. The van der Waals surface area contributed by atoms with E-state index in [0.29, 0.717) is 0 Å². The van der Waals surface area contributed by atoms with E-state index in [4.69, 9.17) is 0 Å². The zero-order valence-corrected chi connectivity index (χ0v) is 33.3. The average molecular weight is 775 g/mol. The number of rotatable bonds is 5. The van der Waals surface area contributed by atoms with Gasteiger partial charge in [0.1, 0.15) is 0 Å². The number of aromatic nitrogens is 1. The van der Waals surface area contributed by atoms with Gasteiger partial charge in [-0.05, 0) is 127 Å². The summed E-state index contributed by atoms with van der Waals surface area (Å²) < 4.78 is 2.39. The quantitative estimate of drug-likeness (QED) is 0.169. The van der Waals surface area contributed by atoms with E-state index in [1.165, 1.54) is 88.2 Å². The molecule has 2 aliphatic rings. The van der Waals surface area contributed by atoms with Crippen LogP contribution in [0.15, 0.2) is 231 Å². The van der Waals surface area contributed by atoms with Crippen LogP contribution in [0, 0.1) is 0 Å². The molecular formula is C59H38N2. The summed E-state index contributed by atoms with van der Waals surface area (Å²) in [4.78, 5) is 2.46. The predicted molar refractivity (Wildman–Crippen MR) is 255 cm³/mol. The smallest absolute Gasteiger partial charge is 0.0732 e. The maximum atomic E-state index is 2.51. The standard InChI is InChI=1S/C59H38N2/c1-3-15-39(16-4-1)40-27-30-43(31-28-40)60(44-33-36-57-52(37-44)50-23-11-14-26-56(50)61(57)42-18-5-2-6-19-42)45-32-35-49-47-21-9-12-24-53(47)59(55(49)38-45)54-25-13-10-22-48(54)51-34-29-41-17-7-8-20-46(41)58(51)59/h1-38H. The van der Waals surface area contributed by atoms with Crippen LogP contribution in [-0.4, -0.2) is 4.57 Å². The van der Waals surface area contributed by atoms with E-state index in [1.807, 2.05) is 0 Å². The van der Waals surface area contributed by atoms with E-state index >= 15 is 0 Å². The van der Waals surface area contributed by atoms with Gasteiger partial charge in [-0.1, -0.05) is 170 Å². The van der Waals surface area contributed by atoms with E-state index in [2.05, 4.69) is 240 Å². The van der Waals surface area contributed by atoms with Gasteiger partial charge in [-0.3, -0.25) is 0 Å². The molecule has 2 nitrogen and oxygen atoms in total. The fourth-order valence-electron chi connectivity index (χ4n) is 10.9. The maximum Gasteiger partial charge on any atom is 0.0732 e. The Morgan fingerprint density at radius 2 is 0.869 bits per heavy atom. The van der Waals surface area contributed by atoms with Gasteiger partial charge in [0.15, 0.2) is 0 Å². The van der Waals surface area contributed by atoms with Crippen molar-refractivity contribution in [2.75, 3.05) is 4.90 Å². The van der Waals surface area contributed by atoms with Crippen LogP contribution in [0.25, 0.3) is 71.6 Å². The lowest BCUT2D eigenvalue weighted by Crippen LogP contribution is -2.26. The molecule has 10 aromatic carbocycles. The molecule has 0 bridgehead atoms. The molecule has 0 fully saturated rings. The summed E-state index contributed by atoms with van der Waals surface area (Å²) in [6, 6.07) is 85.3. The largest absolute Gasteiger partial charge is 0.310 e. The molecule has 0 aliphatic heterocycles. The van der Waals surface area contributed by atoms with Crippen LogP contribution < -0.4 is 4.90 Å². The van der Waals surface area contributed by atoms with Crippen LogP contribution in [0.4, 0.5) is 17.1 Å². The summed E-state index contributed by atoms with van der Waals surface area (Å²) in [7, 11) is 0. The Morgan fingerprint density at radius 3 is 1.66 bits per heavy atom. The minimum atomic E-state index is -0.495. The van der Waals surface area contributed by atoms with Gasteiger partial charge < -0.3 is 9.47 Å². The topological polar surface area (TPSA) is 8.17 Å². The molecule has 2 heteroatoms. The lowest BCUT2D eigenvalue weighted by atomic mass is 9.69. The van der Waals surface area contributed by atoms with Crippen molar-refractivity contribution >= 4 is 49.6 Å². The van der Waals surface area contributed by atoms with Gasteiger partial charge in [0, 0.05) is 33.5 Å². The van der Waals surface area contributed by atoms with Crippen LogP contribution in [-0.2, 0) is 5.41 Å². The highest BCUT2D eigenvalue weighted by Gasteiger charge is 2.52. The summed E-state index contributed by atoms with van der Waals surface area (Å²) in [5.41, 5.74) is 19.4.